The van der Waals surface area contributed by atoms with Crippen LogP contribution in [-0.4, -0.2) is 5.11 Å². The summed E-state index contributed by atoms with van der Waals surface area (Å²) in [6.07, 6.45) is 8.59. The molecule has 1 atom stereocenters. The van der Waals surface area contributed by atoms with E-state index >= 15 is 0 Å². The first-order valence-electron chi connectivity index (χ1n) is 5.47. The Morgan fingerprint density at radius 2 is 1.94 bits per heavy atom. The molecule has 80 valence electrons. The van der Waals surface area contributed by atoms with Gasteiger partial charge < -0.3 is 10.4 Å². The van der Waals surface area contributed by atoms with Gasteiger partial charge in [0, 0.05) is 22.5 Å². The smallest absolute Gasteiger partial charge is 0.108 e. The molecular formula is C14H13NO. The molecule has 2 heteroatoms. The van der Waals surface area contributed by atoms with Crippen LogP contribution in [0.4, 0.5) is 5.69 Å². The van der Waals surface area contributed by atoms with Crippen LogP contribution in [0, 0.1) is 0 Å². The molecule has 0 amide bonds. The highest BCUT2D eigenvalue weighted by molar-refractivity contribution is 5.65. The molecule has 0 saturated heterocycles. The minimum Gasteiger partial charge on any atom is -0.383 e. The summed E-state index contributed by atoms with van der Waals surface area (Å²) in [4.78, 5) is 0. The summed E-state index contributed by atoms with van der Waals surface area (Å²) in [5.41, 5.74) is 3.89. The number of nitrogens with one attached hydrogen (secondary N) is 1. The van der Waals surface area contributed by atoms with Crippen LogP contribution < -0.4 is 5.32 Å². The molecule has 1 unspecified atom stereocenters. The maximum atomic E-state index is 10.3. The lowest BCUT2D eigenvalue weighted by Crippen LogP contribution is -2.15. The minimum atomic E-state index is -0.522. The first-order chi connectivity index (χ1) is 7.86. The molecule has 0 fully saturated rings. The fraction of sp³-hybridized carbons (Fsp3) is 0.143. The number of aliphatic hydroxyl groups excluding tert-OH is 1. The van der Waals surface area contributed by atoms with E-state index in [1.165, 1.54) is 0 Å². The molecule has 0 bridgehead atoms. The molecule has 1 aromatic rings. The molecule has 0 spiro atoms. The van der Waals surface area contributed by atoms with Crippen molar-refractivity contribution >= 4 is 5.69 Å². The first kappa shape index (κ1) is 9.43. The molecule has 1 aliphatic heterocycles. The van der Waals surface area contributed by atoms with Gasteiger partial charge in [-0.25, -0.2) is 0 Å². The number of fused-ring (bicyclic) bond motifs is 1. The Hall–Kier alpha value is -1.80. The topological polar surface area (TPSA) is 32.3 Å². The van der Waals surface area contributed by atoms with Crippen LogP contribution in [-0.2, 0) is 0 Å². The zero-order valence-electron chi connectivity index (χ0n) is 8.85. The standard InChI is InChI=1S/C14H13NO/c16-14-10-6-2-1-3-8-12(10)15-13-9-5-4-7-11(13)14/h2-9,14-16H,1H2. The molecule has 16 heavy (non-hydrogen) atoms. The lowest BCUT2D eigenvalue weighted by molar-refractivity contribution is 0.218. The van der Waals surface area contributed by atoms with E-state index in [9.17, 15) is 5.11 Å². The van der Waals surface area contributed by atoms with E-state index in [0.29, 0.717) is 0 Å². The molecule has 2 aliphatic rings. The summed E-state index contributed by atoms with van der Waals surface area (Å²) in [5, 5.41) is 13.6. The third-order valence-electron chi connectivity index (χ3n) is 2.98. The van der Waals surface area contributed by atoms with Crippen molar-refractivity contribution in [2.45, 2.75) is 12.5 Å². The Morgan fingerprint density at radius 3 is 2.88 bits per heavy atom. The number of rotatable bonds is 0. The summed E-state index contributed by atoms with van der Waals surface area (Å²) < 4.78 is 0. The van der Waals surface area contributed by atoms with Crippen molar-refractivity contribution in [2.75, 3.05) is 5.32 Å². The summed E-state index contributed by atoms with van der Waals surface area (Å²) in [6, 6.07) is 7.87. The van der Waals surface area contributed by atoms with Crippen molar-refractivity contribution in [3.63, 3.8) is 0 Å². The van der Waals surface area contributed by atoms with E-state index < -0.39 is 6.10 Å². The maximum Gasteiger partial charge on any atom is 0.108 e. The summed E-state index contributed by atoms with van der Waals surface area (Å²) >= 11 is 0. The molecule has 0 radical (unpaired) electrons. The molecule has 0 aromatic heterocycles. The van der Waals surface area contributed by atoms with E-state index in [1.807, 2.05) is 36.4 Å². The van der Waals surface area contributed by atoms with E-state index in [1.54, 1.807) is 0 Å². The number of anilines is 1. The summed E-state index contributed by atoms with van der Waals surface area (Å²) in [7, 11) is 0. The van der Waals surface area contributed by atoms with Gasteiger partial charge >= 0.3 is 0 Å². The molecule has 1 heterocycles. The van der Waals surface area contributed by atoms with E-state index in [0.717, 1.165) is 28.9 Å². The second-order valence-electron chi connectivity index (χ2n) is 4.02. The van der Waals surface area contributed by atoms with E-state index in [4.69, 9.17) is 0 Å². The van der Waals surface area contributed by atoms with Gasteiger partial charge in [-0.1, -0.05) is 36.4 Å². The van der Waals surface area contributed by atoms with Gasteiger partial charge in [0.1, 0.15) is 6.10 Å². The van der Waals surface area contributed by atoms with Gasteiger partial charge in [0.15, 0.2) is 0 Å². The van der Waals surface area contributed by atoms with Gasteiger partial charge in [-0.15, -0.1) is 0 Å². The fourth-order valence-electron chi connectivity index (χ4n) is 2.16. The lowest BCUT2D eigenvalue weighted by atomic mass is 9.94. The van der Waals surface area contributed by atoms with Crippen LogP contribution in [0.5, 0.6) is 0 Å². The Balaban J connectivity index is 2.14. The number of allylic oxidation sites excluding steroid dienone is 3. The van der Waals surface area contributed by atoms with Gasteiger partial charge in [0.05, 0.1) is 0 Å². The monoisotopic (exact) mass is 211 g/mol. The van der Waals surface area contributed by atoms with E-state index in [-0.39, 0.29) is 0 Å². The zero-order valence-corrected chi connectivity index (χ0v) is 8.85. The van der Waals surface area contributed by atoms with Crippen LogP contribution >= 0.6 is 0 Å². The van der Waals surface area contributed by atoms with Gasteiger partial charge in [-0.3, -0.25) is 0 Å². The van der Waals surface area contributed by atoms with Gasteiger partial charge in [-0.2, -0.15) is 0 Å². The van der Waals surface area contributed by atoms with Gasteiger partial charge in [0.2, 0.25) is 0 Å². The number of para-hydroxylation sites is 1. The number of hydrogen-bond acceptors (Lipinski definition) is 2. The van der Waals surface area contributed by atoms with Crippen LogP contribution in [0.25, 0.3) is 0 Å². The zero-order chi connectivity index (χ0) is 11.0. The van der Waals surface area contributed by atoms with Gasteiger partial charge in [0.25, 0.3) is 0 Å². The van der Waals surface area contributed by atoms with Crippen molar-refractivity contribution in [1.29, 1.82) is 0 Å². The molecular weight excluding hydrogens is 198 g/mol. The molecule has 1 aromatic carbocycles. The average molecular weight is 211 g/mol. The third-order valence-corrected chi connectivity index (χ3v) is 2.98. The largest absolute Gasteiger partial charge is 0.383 e. The highest BCUT2D eigenvalue weighted by Crippen LogP contribution is 2.37. The van der Waals surface area contributed by atoms with Crippen molar-refractivity contribution in [3.8, 4) is 0 Å². The Kier molecular flexibility index (Phi) is 2.15. The highest BCUT2D eigenvalue weighted by Gasteiger charge is 2.23. The Morgan fingerprint density at radius 1 is 1.12 bits per heavy atom. The van der Waals surface area contributed by atoms with E-state index in [2.05, 4.69) is 17.5 Å². The third kappa shape index (κ3) is 1.39. The summed E-state index contributed by atoms with van der Waals surface area (Å²) in [6.45, 7) is 0. The quantitative estimate of drug-likeness (QED) is 0.691. The highest BCUT2D eigenvalue weighted by atomic mass is 16.3. The predicted molar refractivity (Wildman–Crippen MR) is 64.9 cm³/mol. The SMILES string of the molecule is OC1C2=C(C=CCC=C2)Nc2ccccc21. The maximum absolute atomic E-state index is 10.3. The predicted octanol–water partition coefficient (Wildman–Crippen LogP) is 2.92. The van der Waals surface area contributed by atoms with Crippen molar-refractivity contribution < 1.29 is 5.11 Å². The Labute approximate surface area is 94.6 Å². The molecule has 1 aliphatic carbocycles. The molecule has 0 saturated carbocycles. The van der Waals surface area contributed by atoms with Crippen LogP contribution in [0.15, 0.2) is 59.8 Å². The number of hydrogen-bond donors (Lipinski definition) is 2. The van der Waals surface area contributed by atoms with Crippen molar-refractivity contribution in [3.05, 3.63) is 65.4 Å². The van der Waals surface area contributed by atoms with Crippen LogP contribution in [0.1, 0.15) is 18.1 Å². The second-order valence-corrected chi connectivity index (χ2v) is 4.02. The van der Waals surface area contributed by atoms with Crippen molar-refractivity contribution in [1.82, 2.24) is 0 Å². The van der Waals surface area contributed by atoms with Crippen LogP contribution in [0.2, 0.25) is 0 Å². The minimum absolute atomic E-state index is 0.522. The number of aliphatic hydroxyl groups is 1. The molecule has 3 rings (SSSR count). The first-order valence-corrected chi connectivity index (χ1v) is 5.47. The number of benzene rings is 1. The molecule has 2 N–H and O–H groups in total. The van der Waals surface area contributed by atoms with Crippen LogP contribution in [0.3, 0.4) is 0 Å². The molecule has 2 nitrogen and oxygen atoms in total. The fourth-order valence-corrected chi connectivity index (χ4v) is 2.16. The van der Waals surface area contributed by atoms with Crippen molar-refractivity contribution in [2.24, 2.45) is 0 Å². The Bertz CT molecular complexity index is 511. The summed E-state index contributed by atoms with van der Waals surface area (Å²) in [5.74, 6) is 0. The normalized spacial score (nSPS) is 22.2. The lowest BCUT2D eigenvalue weighted by Gasteiger charge is -2.25. The second kappa shape index (κ2) is 3.65. The average Bonchev–Trinajstić information content (AvgIpc) is 2.55. The van der Waals surface area contributed by atoms with Gasteiger partial charge in [-0.05, 0) is 18.6 Å².